The average Bonchev–Trinajstić information content (AvgIpc) is 3.12. The Balaban J connectivity index is 1.31. The van der Waals surface area contributed by atoms with Gasteiger partial charge in [-0.3, -0.25) is 9.69 Å². The van der Waals surface area contributed by atoms with Crippen LogP contribution in [0.5, 0.6) is 0 Å². The van der Waals surface area contributed by atoms with Crippen LogP contribution in [0.1, 0.15) is 28.8 Å². The first-order chi connectivity index (χ1) is 12.6. The maximum absolute atomic E-state index is 13.8. The molecule has 1 aromatic carbocycles. The van der Waals surface area contributed by atoms with Crippen molar-refractivity contribution in [2.75, 3.05) is 19.6 Å². The molecule has 1 saturated heterocycles. The lowest BCUT2D eigenvalue weighted by Gasteiger charge is -2.35. The molecule has 0 atom stereocenters. The van der Waals surface area contributed by atoms with Gasteiger partial charge in [-0.2, -0.15) is 0 Å². The summed E-state index contributed by atoms with van der Waals surface area (Å²) in [5.41, 5.74) is 1.80. The van der Waals surface area contributed by atoms with Gasteiger partial charge in [0.2, 0.25) is 5.91 Å². The largest absolute Gasteiger partial charge is 0.338 e. The number of halogens is 2. The van der Waals surface area contributed by atoms with Gasteiger partial charge in [-0.25, -0.2) is 8.78 Å². The van der Waals surface area contributed by atoms with Crippen LogP contribution in [-0.2, 0) is 24.3 Å². The highest BCUT2D eigenvalue weighted by Gasteiger charge is 2.30. The molecule has 0 aliphatic carbocycles. The van der Waals surface area contributed by atoms with Crippen molar-refractivity contribution in [3.05, 3.63) is 57.3 Å². The van der Waals surface area contributed by atoms with Crippen LogP contribution in [0.25, 0.3) is 0 Å². The zero-order valence-electron chi connectivity index (χ0n) is 14.6. The van der Waals surface area contributed by atoms with Gasteiger partial charge in [0.1, 0.15) is 11.6 Å². The summed E-state index contributed by atoms with van der Waals surface area (Å²) in [6.45, 7) is 3.55. The van der Waals surface area contributed by atoms with Crippen LogP contribution in [0, 0.1) is 17.6 Å². The molecule has 0 unspecified atom stereocenters. The minimum absolute atomic E-state index is 0.0597. The van der Waals surface area contributed by atoms with E-state index in [1.54, 1.807) is 11.3 Å². The summed E-state index contributed by atoms with van der Waals surface area (Å²) in [7, 11) is 0. The number of nitrogens with zero attached hydrogens (tertiary/aromatic N) is 2. The minimum Gasteiger partial charge on any atom is -0.338 e. The lowest BCUT2D eigenvalue weighted by Crippen LogP contribution is -2.44. The zero-order chi connectivity index (χ0) is 18.1. The van der Waals surface area contributed by atoms with Crippen LogP contribution in [0.2, 0.25) is 0 Å². The number of thiophene rings is 1. The molecule has 4 rings (SSSR count). The smallest absolute Gasteiger partial charge is 0.226 e. The number of fused-ring (bicyclic) bond motifs is 1. The molecule has 3 nitrogen and oxygen atoms in total. The van der Waals surface area contributed by atoms with Crippen LogP contribution in [0.15, 0.2) is 29.6 Å². The molecule has 1 fully saturated rings. The van der Waals surface area contributed by atoms with E-state index in [4.69, 9.17) is 0 Å². The highest BCUT2D eigenvalue weighted by molar-refractivity contribution is 7.10. The summed E-state index contributed by atoms with van der Waals surface area (Å²) in [6.07, 6.45) is 2.56. The fraction of sp³-hybridized carbons (Fsp3) is 0.450. The van der Waals surface area contributed by atoms with Gasteiger partial charge in [0.15, 0.2) is 0 Å². The quantitative estimate of drug-likeness (QED) is 0.813. The number of hydrogen-bond donors (Lipinski definition) is 0. The molecule has 2 aromatic rings. The molecule has 138 valence electrons. The number of piperidine rings is 1. The van der Waals surface area contributed by atoms with E-state index in [-0.39, 0.29) is 11.8 Å². The van der Waals surface area contributed by atoms with Gasteiger partial charge in [0.25, 0.3) is 0 Å². The highest BCUT2D eigenvalue weighted by Crippen LogP contribution is 2.28. The second kappa shape index (κ2) is 7.45. The van der Waals surface area contributed by atoms with Crippen molar-refractivity contribution in [1.29, 1.82) is 0 Å². The summed E-state index contributed by atoms with van der Waals surface area (Å²) in [5.74, 6) is -0.729. The van der Waals surface area contributed by atoms with Crippen molar-refractivity contribution in [3.8, 4) is 0 Å². The van der Waals surface area contributed by atoms with Gasteiger partial charge < -0.3 is 4.90 Å². The van der Waals surface area contributed by atoms with Crippen molar-refractivity contribution in [3.63, 3.8) is 0 Å². The predicted octanol–water partition coefficient (Wildman–Crippen LogP) is 3.82. The normalized spacial score (nSPS) is 18.8. The van der Waals surface area contributed by atoms with E-state index in [1.165, 1.54) is 22.6 Å². The van der Waals surface area contributed by atoms with E-state index in [0.29, 0.717) is 12.1 Å². The van der Waals surface area contributed by atoms with Gasteiger partial charge in [-0.15, -0.1) is 11.3 Å². The van der Waals surface area contributed by atoms with Crippen LogP contribution >= 0.6 is 11.3 Å². The fourth-order valence-electron chi connectivity index (χ4n) is 3.92. The average molecular weight is 376 g/mol. The van der Waals surface area contributed by atoms with Crippen LogP contribution in [0.4, 0.5) is 8.78 Å². The summed E-state index contributed by atoms with van der Waals surface area (Å²) in [4.78, 5) is 18.4. The number of rotatable bonds is 3. The van der Waals surface area contributed by atoms with Gasteiger partial charge in [-0.05, 0) is 55.4 Å². The van der Waals surface area contributed by atoms with Crippen molar-refractivity contribution >= 4 is 17.2 Å². The first-order valence-electron chi connectivity index (χ1n) is 9.10. The van der Waals surface area contributed by atoms with Crippen LogP contribution in [0.3, 0.4) is 0 Å². The number of amides is 1. The van der Waals surface area contributed by atoms with E-state index in [2.05, 4.69) is 16.3 Å². The topological polar surface area (TPSA) is 23.6 Å². The van der Waals surface area contributed by atoms with Crippen molar-refractivity contribution < 1.29 is 13.6 Å². The van der Waals surface area contributed by atoms with E-state index in [9.17, 15) is 13.6 Å². The molecule has 0 bridgehead atoms. The van der Waals surface area contributed by atoms with Crippen molar-refractivity contribution in [2.24, 2.45) is 5.92 Å². The SMILES string of the molecule is O=C(C1CCN(Cc2ccc(F)cc2F)CC1)N1CCc2sccc2C1. The number of benzene rings is 1. The molecule has 0 N–H and O–H groups in total. The molecule has 26 heavy (non-hydrogen) atoms. The molecule has 2 aliphatic rings. The van der Waals surface area contributed by atoms with Crippen LogP contribution in [-0.4, -0.2) is 35.3 Å². The first-order valence-corrected chi connectivity index (χ1v) is 9.98. The lowest BCUT2D eigenvalue weighted by molar-refractivity contribution is -0.138. The van der Waals surface area contributed by atoms with Gasteiger partial charge >= 0.3 is 0 Å². The van der Waals surface area contributed by atoms with Crippen LogP contribution < -0.4 is 0 Å². The minimum atomic E-state index is -0.550. The van der Waals surface area contributed by atoms with E-state index in [0.717, 1.165) is 51.5 Å². The van der Waals surface area contributed by atoms with E-state index >= 15 is 0 Å². The molecule has 1 amide bonds. The Hall–Kier alpha value is -1.79. The number of hydrogen-bond acceptors (Lipinski definition) is 3. The Morgan fingerprint density at radius 1 is 1.15 bits per heavy atom. The first kappa shape index (κ1) is 17.6. The number of carbonyl (C=O) groups excluding carboxylic acids is 1. The molecule has 0 saturated carbocycles. The molecule has 1 aromatic heterocycles. The predicted molar refractivity (Wildman–Crippen MR) is 97.8 cm³/mol. The molecule has 0 radical (unpaired) electrons. The Labute approximate surface area is 156 Å². The van der Waals surface area contributed by atoms with Gasteiger partial charge in [0, 0.05) is 42.1 Å². The molecule has 2 aliphatic heterocycles. The molecule has 0 spiro atoms. The summed E-state index contributed by atoms with van der Waals surface area (Å²) < 4.78 is 26.8. The molecular formula is C20H22F2N2OS. The number of likely N-dealkylation sites (tertiary alicyclic amines) is 1. The monoisotopic (exact) mass is 376 g/mol. The second-order valence-corrected chi connectivity index (χ2v) is 8.17. The van der Waals surface area contributed by atoms with E-state index in [1.807, 2.05) is 4.90 Å². The standard InChI is InChI=1S/C20H22F2N2OS/c21-17-2-1-15(18(22)11-17)12-23-7-3-14(4-8-23)20(25)24-9-5-19-16(13-24)6-10-26-19/h1-2,6,10-11,14H,3-5,7-9,12-13H2. The van der Waals surface area contributed by atoms with Gasteiger partial charge in [-0.1, -0.05) is 6.07 Å². The number of carbonyl (C=O) groups is 1. The third kappa shape index (κ3) is 3.67. The summed E-state index contributed by atoms with van der Waals surface area (Å²) in [5, 5.41) is 2.10. The Kier molecular flexibility index (Phi) is 5.05. The summed E-state index contributed by atoms with van der Waals surface area (Å²) in [6, 6.07) is 5.86. The maximum Gasteiger partial charge on any atom is 0.226 e. The second-order valence-electron chi connectivity index (χ2n) is 7.16. The Bertz CT molecular complexity index is 799. The summed E-state index contributed by atoms with van der Waals surface area (Å²) >= 11 is 1.78. The third-order valence-electron chi connectivity index (χ3n) is 5.47. The maximum atomic E-state index is 13.8. The fourth-order valence-corrected chi connectivity index (χ4v) is 4.81. The highest BCUT2D eigenvalue weighted by atomic mass is 32.1. The van der Waals surface area contributed by atoms with Crippen molar-refractivity contribution in [1.82, 2.24) is 9.80 Å². The Morgan fingerprint density at radius 2 is 1.96 bits per heavy atom. The lowest BCUT2D eigenvalue weighted by atomic mass is 9.94. The van der Waals surface area contributed by atoms with Gasteiger partial charge in [0.05, 0.1) is 0 Å². The zero-order valence-corrected chi connectivity index (χ0v) is 15.4. The van der Waals surface area contributed by atoms with E-state index < -0.39 is 11.6 Å². The third-order valence-corrected chi connectivity index (χ3v) is 6.49. The molecule has 6 heteroatoms. The molecular weight excluding hydrogens is 354 g/mol. The van der Waals surface area contributed by atoms with Crippen molar-refractivity contribution in [2.45, 2.75) is 32.4 Å². The molecule has 3 heterocycles. The Morgan fingerprint density at radius 3 is 2.73 bits per heavy atom.